The average molecular weight is 262 g/mol. The number of carbonyl (C=O) groups is 1. The number of hydrogen-bond donors (Lipinski definition) is 0. The molecular formula is C16H22O3. The Kier molecular flexibility index (Phi) is 5.11. The molecule has 0 saturated heterocycles. The summed E-state index contributed by atoms with van der Waals surface area (Å²) in [5.74, 6) is 0.551. The van der Waals surface area contributed by atoms with Crippen LogP contribution in [0.5, 0.6) is 0 Å². The highest BCUT2D eigenvalue weighted by atomic mass is 16.7. The maximum atomic E-state index is 12.4. The maximum Gasteiger partial charge on any atom is 0.222 e. The number of carbonyl (C=O) groups excluding carboxylic acids is 1. The van der Waals surface area contributed by atoms with Gasteiger partial charge >= 0.3 is 0 Å². The van der Waals surface area contributed by atoms with Crippen molar-refractivity contribution in [3.8, 4) is 0 Å². The molecule has 1 aliphatic carbocycles. The molecule has 0 unspecified atom stereocenters. The van der Waals surface area contributed by atoms with Crippen LogP contribution < -0.4 is 0 Å². The topological polar surface area (TPSA) is 35.5 Å². The van der Waals surface area contributed by atoms with E-state index in [2.05, 4.69) is 6.07 Å². The Morgan fingerprint density at radius 3 is 2.47 bits per heavy atom. The summed E-state index contributed by atoms with van der Waals surface area (Å²) in [5.41, 5.74) is 1.96. The summed E-state index contributed by atoms with van der Waals surface area (Å²) >= 11 is 0. The Bertz CT molecular complexity index is 418. The lowest BCUT2D eigenvalue weighted by molar-refractivity contribution is -0.107. The van der Waals surface area contributed by atoms with E-state index in [1.807, 2.05) is 32.0 Å². The van der Waals surface area contributed by atoms with Crippen LogP contribution in [0.1, 0.15) is 54.9 Å². The molecule has 3 nitrogen and oxygen atoms in total. The highest BCUT2D eigenvalue weighted by molar-refractivity contribution is 5.98. The van der Waals surface area contributed by atoms with Gasteiger partial charge in [-0.05, 0) is 44.2 Å². The lowest BCUT2D eigenvalue weighted by Crippen LogP contribution is -2.28. The molecule has 1 fully saturated rings. The molecule has 1 aromatic carbocycles. The first kappa shape index (κ1) is 14.2. The van der Waals surface area contributed by atoms with E-state index in [9.17, 15) is 4.79 Å². The second kappa shape index (κ2) is 6.83. The van der Waals surface area contributed by atoms with E-state index >= 15 is 0 Å². The lowest BCUT2D eigenvalue weighted by atomic mass is 9.79. The number of hydrogen-bond acceptors (Lipinski definition) is 3. The predicted octanol–water partition coefficient (Wildman–Crippen LogP) is 3.54. The minimum atomic E-state index is -0.772. The molecule has 0 atom stereocenters. The van der Waals surface area contributed by atoms with Crippen LogP contribution in [0.3, 0.4) is 0 Å². The van der Waals surface area contributed by atoms with Crippen molar-refractivity contribution in [1.82, 2.24) is 0 Å². The normalized spacial score (nSPS) is 15.5. The van der Waals surface area contributed by atoms with Gasteiger partial charge in [0.25, 0.3) is 0 Å². The molecule has 0 bridgehead atoms. The van der Waals surface area contributed by atoms with Gasteiger partial charge in [-0.1, -0.05) is 24.6 Å². The molecule has 1 aliphatic rings. The minimum Gasteiger partial charge on any atom is -0.346 e. The van der Waals surface area contributed by atoms with Crippen LogP contribution in [0.25, 0.3) is 0 Å². The Morgan fingerprint density at radius 2 is 1.95 bits per heavy atom. The Balaban J connectivity index is 2.12. The molecule has 19 heavy (non-hydrogen) atoms. The Morgan fingerprint density at radius 1 is 1.26 bits per heavy atom. The molecular weight excluding hydrogens is 240 g/mol. The third kappa shape index (κ3) is 3.43. The van der Waals surface area contributed by atoms with Crippen LogP contribution in [0.2, 0.25) is 0 Å². The summed E-state index contributed by atoms with van der Waals surface area (Å²) < 4.78 is 10.7. The van der Waals surface area contributed by atoms with E-state index in [-0.39, 0.29) is 5.78 Å². The SMILES string of the molecule is CCOC(OCC)C(=O)c1cccc(C2CCC2)c1. The molecule has 1 saturated carbocycles. The number of ketones is 1. The van der Waals surface area contributed by atoms with E-state index in [1.165, 1.54) is 24.8 Å². The Hall–Kier alpha value is -1.19. The van der Waals surface area contributed by atoms with Gasteiger partial charge in [0, 0.05) is 18.8 Å². The largest absolute Gasteiger partial charge is 0.346 e. The molecule has 0 aromatic heterocycles. The van der Waals surface area contributed by atoms with Gasteiger partial charge in [-0.15, -0.1) is 0 Å². The van der Waals surface area contributed by atoms with E-state index in [0.717, 1.165) is 0 Å². The summed E-state index contributed by atoms with van der Waals surface area (Å²) in [4.78, 5) is 12.4. The van der Waals surface area contributed by atoms with Crippen LogP contribution in [-0.4, -0.2) is 25.3 Å². The van der Waals surface area contributed by atoms with E-state index < -0.39 is 6.29 Å². The van der Waals surface area contributed by atoms with Gasteiger partial charge in [-0.3, -0.25) is 4.79 Å². The van der Waals surface area contributed by atoms with Crippen LogP contribution in [0, 0.1) is 0 Å². The van der Waals surface area contributed by atoms with Crippen LogP contribution in [0.4, 0.5) is 0 Å². The van der Waals surface area contributed by atoms with Crippen LogP contribution in [0.15, 0.2) is 24.3 Å². The molecule has 0 amide bonds. The van der Waals surface area contributed by atoms with Gasteiger partial charge in [0.15, 0.2) is 0 Å². The van der Waals surface area contributed by atoms with Crippen molar-refractivity contribution in [1.29, 1.82) is 0 Å². The highest BCUT2D eigenvalue weighted by Crippen LogP contribution is 2.36. The number of Topliss-reactive ketones (excluding diaryl/α,β-unsaturated/α-hetero) is 1. The summed E-state index contributed by atoms with van der Waals surface area (Å²) in [7, 11) is 0. The maximum absolute atomic E-state index is 12.4. The predicted molar refractivity (Wildman–Crippen MR) is 74.4 cm³/mol. The summed E-state index contributed by atoms with van der Waals surface area (Å²) in [6.07, 6.45) is 2.99. The van der Waals surface area contributed by atoms with Gasteiger partial charge in [0.05, 0.1) is 0 Å². The zero-order chi connectivity index (χ0) is 13.7. The number of rotatable bonds is 7. The molecule has 2 rings (SSSR count). The smallest absolute Gasteiger partial charge is 0.222 e. The van der Waals surface area contributed by atoms with E-state index in [0.29, 0.717) is 24.7 Å². The fourth-order valence-electron chi connectivity index (χ4n) is 2.33. The quantitative estimate of drug-likeness (QED) is 0.557. The standard InChI is InChI=1S/C16H22O3/c1-3-18-16(19-4-2)15(17)14-10-6-9-13(11-14)12-7-5-8-12/h6,9-12,16H,3-5,7-8H2,1-2H3. The first-order chi connectivity index (χ1) is 9.26. The van der Waals surface area contributed by atoms with Crippen LogP contribution >= 0.6 is 0 Å². The summed E-state index contributed by atoms with van der Waals surface area (Å²) in [5, 5.41) is 0. The average Bonchev–Trinajstić information content (AvgIpc) is 2.36. The van der Waals surface area contributed by atoms with Crippen LogP contribution in [-0.2, 0) is 9.47 Å². The molecule has 1 aromatic rings. The zero-order valence-electron chi connectivity index (χ0n) is 11.7. The highest BCUT2D eigenvalue weighted by Gasteiger charge is 2.23. The van der Waals surface area contributed by atoms with E-state index in [1.54, 1.807) is 0 Å². The minimum absolute atomic E-state index is 0.0788. The van der Waals surface area contributed by atoms with Gasteiger partial charge in [0.2, 0.25) is 12.1 Å². The first-order valence-electron chi connectivity index (χ1n) is 7.13. The van der Waals surface area contributed by atoms with Crippen molar-refractivity contribution < 1.29 is 14.3 Å². The van der Waals surface area contributed by atoms with Gasteiger partial charge in [-0.25, -0.2) is 0 Å². The van der Waals surface area contributed by atoms with Crippen molar-refractivity contribution in [3.63, 3.8) is 0 Å². The Labute approximate surface area is 114 Å². The number of benzene rings is 1. The van der Waals surface area contributed by atoms with Gasteiger partial charge in [0.1, 0.15) is 0 Å². The second-order valence-corrected chi connectivity index (χ2v) is 4.86. The summed E-state index contributed by atoms with van der Waals surface area (Å²) in [6, 6.07) is 7.90. The molecule has 0 aliphatic heterocycles. The van der Waals surface area contributed by atoms with Crippen molar-refractivity contribution >= 4 is 5.78 Å². The lowest BCUT2D eigenvalue weighted by Gasteiger charge is -2.26. The fourth-order valence-corrected chi connectivity index (χ4v) is 2.33. The molecule has 0 radical (unpaired) electrons. The monoisotopic (exact) mass is 262 g/mol. The third-order valence-electron chi connectivity index (χ3n) is 3.60. The third-order valence-corrected chi connectivity index (χ3v) is 3.60. The van der Waals surface area contributed by atoms with Crippen molar-refractivity contribution in [3.05, 3.63) is 35.4 Å². The molecule has 0 N–H and O–H groups in total. The van der Waals surface area contributed by atoms with Crippen molar-refractivity contribution in [2.75, 3.05) is 13.2 Å². The first-order valence-corrected chi connectivity index (χ1v) is 7.13. The summed E-state index contributed by atoms with van der Waals surface area (Å²) in [6.45, 7) is 4.67. The second-order valence-electron chi connectivity index (χ2n) is 4.86. The molecule has 0 spiro atoms. The van der Waals surface area contributed by atoms with Gasteiger partial charge < -0.3 is 9.47 Å². The van der Waals surface area contributed by atoms with E-state index in [4.69, 9.17) is 9.47 Å². The molecule has 3 heteroatoms. The number of ether oxygens (including phenoxy) is 2. The van der Waals surface area contributed by atoms with Crippen molar-refractivity contribution in [2.45, 2.75) is 45.3 Å². The molecule has 104 valence electrons. The van der Waals surface area contributed by atoms with Gasteiger partial charge in [-0.2, -0.15) is 0 Å². The van der Waals surface area contributed by atoms with Crippen molar-refractivity contribution in [2.24, 2.45) is 0 Å². The fraction of sp³-hybridized carbons (Fsp3) is 0.562. The molecule has 0 heterocycles. The zero-order valence-corrected chi connectivity index (χ0v) is 11.7.